The Kier molecular flexibility index (Phi) is 5.99. The topological polar surface area (TPSA) is 58.6 Å². The van der Waals surface area contributed by atoms with Crippen LogP contribution in [0.25, 0.3) is 0 Å². The minimum Gasteiger partial charge on any atom is -0.382 e. The molecule has 0 aliphatic carbocycles. The number of hydrogen-bond acceptors (Lipinski definition) is 3. The summed E-state index contributed by atoms with van der Waals surface area (Å²) < 4.78 is 5.32. The Hall–Kier alpha value is -1.10. The molecule has 0 aromatic rings. The van der Waals surface area contributed by atoms with Gasteiger partial charge in [0.1, 0.15) is 11.6 Å². The van der Waals surface area contributed by atoms with Gasteiger partial charge < -0.3 is 15.0 Å². The van der Waals surface area contributed by atoms with E-state index in [-0.39, 0.29) is 17.7 Å². The average Bonchev–Trinajstić information content (AvgIpc) is 2.41. The van der Waals surface area contributed by atoms with Crippen LogP contribution in [0, 0.1) is 5.92 Å². The summed E-state index contributed by atoms with van der Waals surface area (Å²) in [6.07, 6.45) is 1.37. The molecule has 1 N–H and O–H groups in total. The first kappa shape index (κ1) is 17.0. The van der Waals surface area contributed by atoms with Crippen LogP contribution in [0.5, 0.6) is 0 Å². The number of carbonyl (C=O) groups is 2. The summed E-state index contributed by atoms with van der Waals surface area (Å²) in [6, 6.07) is -0.408. The minimum atomic E-state index is -0.741. The zero-order chi connectivity index (χ0) is 15.3. The Labute approximate surface area is 122 Å². The number of ether oxygens (including phenoxy) is 1. The summed E-state index contributed by atoms with van der Waals surface area (Å²) in [5.41, 5.74) is -0.741. The van der Waals surface area contributed by atoms with Crippen LogP contribution >= 0.6 is 0 Å². The molecule has 1 aliphatic rings. The van der Waals surface area contributed by atoms with Crippen molar-refractivity contribution in [2.45, 2.75) is 59.0 Å². The van der Waals surface area contributed by atoms with Crippen LogP contribution in [0.3, 0.4) is 0 Å². The van der Waals surface area contributed by atoms with Crippen molar-refractivity contribution in [1.82, 2.24) is 10.2 Å². The highest BCUT2D eigenvalue weighted by molar-refractivity contribution is 5.99. The van der Waals surface area contributed by atoms with Gasteiger partial charge in [-0.05, 0) is 32.6 Å². The maximum Gasteiger partial charge on any atom is 0.246 e. The minimum absolute atomic E-state index is 0.0282. The predicted molar refractivity (Wildman–Crippen MR) is 78.3 cm³/mol. The molecule has 2 amide bonds. The molecule has 5 nitrogen and oxygen atoms in total. The van der Waals surface area contributed by atoms with Crippen molar-refractivity contribution in [1.29, 1.82) is 0 Å². The molecule has 1 heterocycles. The Morgan fingerprint density at radius 2 is 2.00 bits per heavy atom. The lowest BCUT2D eigenvalue weighted by molar-refractivity contribution is -0.158. The van der Waals surface area contributed by atoms with Crippen LogP contribution in [0.15, 0.2) is 0 Å². The number of piperazine rings is 1. The van der Waals surface area contributed by atoms with Gasteiger partial charge in [-0.3, -0.25) is 9.59 Å². The largest absolute Gasteiger partial charge is 0.382 e. The van der Waals surface area contributed by atoms with E-state index in [2.05, 4.69) is 5.32 Å². The highest BCUT2D eigenvalue weighted by atomic mass is 16.5. The molecule has 1 saturated heterocycles. The lowest BCUT2D eigenvalue weighted by Gasteiger charge is -2.47. The highest BCUT2D eigenvalue weighted by Crippen LogP contribution is 2.27. The molecule has 1 fully saturated rings. The quantitative estimate of drug-likeness (QED) is 0.722. The van der Waals surface area contributed by atoms with E-state index >= 15 is 0 Å². The van der Waals surface area contributed by atoms with E-state index in [0.29, 0.717) is 26.2 Å². The molecule has 2 unspecified atom stereocenters. The summed E-state index contributed by atoms with van der Waals surface area (Å²) in [4.78, 5) is 26.7. The summed E-state index contributed by atoms with van der Waals surface area (Å²) in [5.74, 6) is 0.0809. The van der Waals surface area contributed by atoms with Crippen LogP contribution in [0.1, 0.15) is 47.5 Å². The first-order chi connectivity index (χ1) is 9.38. The Morgan fingerprint density at radius 3 is 2.50 bits per heavy atom. The fourth-order valence-electron chi connectivity index (χ4n) is 2.52. The van der Waals surface area contributed by atoms with Gasteiger partial charge in [0.2, 0.25) is 11.8 Å². The van der Waals surface area contributed by atoms with Crippen molar-refractivity contribution in [3.63, 3.8) is 0 Å². The lowest BCUT2D eigenvalue weighted by atomic mass is 9.87. The average molecular weight is 284 g/mol. The van der Waals surface area contributed by atoms with Crippen LogP contribution < -0.4 is 5.32 Å². The maximum atomic E-state index is 12.6. The molecule has 5 heteroatoms. The predicted octanol–water partition coefficient (Wildman–Crippen LogP) is 1.56. The first-order valence-electron chi connectivity index (χ1n) is 7.58. The van der Waals surface area contributed by atoms with Gasteiger partial charge in [0.15, 0.2) is 0 Å². The molecule has 0 aromatic heterocycles. The molecule has 116 valence electrons. The summed E-state index contributed by atoms with van der Waals surface area (Å²) in [6.45, 7) is 11.5. The van der Waals surface area contributed by atoms with Gasteiger partial charge in [0.25, 0.3) is 0 Å². The summed E-state index contributed by atoms with van der Waals surface area (Å²) in [7, 11) is 0. The monoisotopic (exact) mass is 284 g/mol. The van der Waals surface area contributed by atoms with Crippen LogP contribution in [0.4, 0.5) is 0 Å². The molecule has 0 spiro atoms. The normalized spacial score (nSPS) is 27.1. The van der Waals surface area contributed by atoms with E-state index in [1.165, 1.54) is 0 Å². The van der Waals surface area contributed by atoms with Gasteiger partial charge in [-0.15, -0.1) is 0 Å². The zero-order valence-corrected chi connectivity index (χ0v) is 13.4. The van der Waals surface area contributed by atoms with Crippen molar-refractivity contribution >= 4 is 11.8 Å². The molecule has 2 atom stereocenters. The van der Waals surface area contributed by atoms with Crippen molar-refractivity contribution in [2.24, 2.45) is 5.92 Å². The highest BCUT2D eigenvalue weighted by Gasteiger charge is 2.48. The third kappa shape index (κ3) is 3.32. The van der Waals surface area contributed by atoms with Crippen molar-refractivity contribution < 1.29 is 14.3 Å². The fourth-order valence-corrected chi connectivity index (χ4v) is 2.52. The smallest absolute Gasteiger partial charge is 0.246 e. The second-order valence-corrected chi connectivity index (χ2v) is 5.86. The van der Waals surface area contributed by atoms with Crippen LogP contribution in [-0.4, -0.2) is 48.1 Å². The van der Waals surface area contributed by atoms with E-state index in [9.17, 15) is 9.59 Å². The molecule has 0 bridgehead atoms. The fraction of sp³-hybridized carbons (Fsp3) is 0.867. The molecule has 0 saturated carbocycles. The van der Waals surface area contributed by atoms with E-state index in [0.717, 1.165) is 6.42 Å². The van der Waals surface area contributed by atoms with Gasteiger partial charge in [-0.1, -0.05) is 20.8 Å². The van der Waals surface area contributed by atoms with Crippen LogP contribution in [-0.2, 0) is 14.3 Å². The summed E-state index contributed by atoms with van der Waals surface area (Å²) >= 11 is 0. The second kappa shape index (κ2) is 7.07. The third-order valence-corrected chi connectivity index (χ3v) is 4.13. The number of rotatable bonds is 7. The van der Waals surface area contributed by atoms with Gasteiger partial charge in [-0.2, -0.15) is 0 Å². The molecule has 0 aromatic carbocycles. The van der Waals surface area contributed by atoms with Crippen molar-refractivity contribution in [3.8, 4) is 0 Å². The molecular weight excluding hydrogens is 256 g/mol. The van der Waals surface area contributed by atoms with E-state index in [4.69, 9.17) is 4.74 Å². The second-order valence-electron chi connectivity index (χ2n) is 5.86. The third-order valence-electron chi connectivity index (χ3n) is 4.13. The zero-order valence-electron chi connectivity index (χ0n) is 13.4. The van der Waals surface area contributed by atoms with Crippen molar-refractivity contribution in [2.75, 3.05) is 19.8 Å². The standard InChI is InChI=1S/C15H28N2O3/c1-6-15(5)14(19)16-12(11(3)4)13(18)17(15)9-8-10-20-7-2/h11-12H,6-10H2,1-5H3,(H,16,19). The molecule has 1 aliphatic heterocycles. The van der Waals surface area contributed by atoms with Gasteiger partial charge in [0.05, 0.1) is 0 Å². The Balaban J connectivity index is 2.85. The SMILES string of the molecule is CCOCCCN1C(=O)C(C(C)C)NC(=O)C1(C)CC. The number of nitrogens with zero attached hydrogens (tertiary/aromatic N) is 1. The van der Waals surface area contributed by atoms with Gasteiger partial charge in [-0.25, -0.2) is 0 Å². The molecular formula is C15H28N2O3. The Bertz CT molecular complexity index is 357. The molecule has 20 heavy (non-hydrogen) atoms. The number of nitrogens with one attached hydrogen (secondary N) is 1. The lowest BCUT2D eigenvalue weighted by Crippen LogP contribution is -2.70. The maximum absolute atomic E-state index is 12.6. The van der Waals surface area contributed by atoms with Gasteiger partial charge >= 0.3 is 0 Å². The molecule has 0 radical (unpaired) electrons. The van der Waals surface area contributed by atoms with E-state index in [1.54, 1.807) is 4.90 Å². The van der Waals surface area contributed by atoms with E-state index in [1.807, 2.05) is 34.6 Å². The van der Waals surface area contributed by atoms with Crippen molar-refractivity contribution in [3.05, 3.63) is 0 Å². The van der Waals surface area contributed by atoms with Gasteiger partial charge in [0, 0.05) is 19.8 Å². The Morgan fingerprint density at radius 1 is 1.35 bits per heavy atom. The van der Waals surface area contributed by atoms with Crippen LogP contribution in [0.2, 0.25) is 0 Å². The molecule has 1 rings (SSSR count). The number of carbonyl (C=O) groups excluding carboxylic acids is 2. The van der Waals surface area contributed by atoms with E-state index < -0.39 is 11.6 Å². The first-order valence-corrected chi connectivity index (χ1v) is 7.58. The number of hydrogen-bond donors (Lipinski definition) is 1. The number of amides is 2. The summed E-state index contributed by atoms with van der Waals surface area (Å²) in [5, 5.41) is 2.88.